The minimum Gasteiger partial charge on any atom is -0.504 e. The van der Waals surface area contributed by atoms with Crippen LogP contribution in [0.1, 0.15) is 5.56 Å². The monoisotopic (exact) mass is 234 g/mol. The summed E-state index contributed by atoms with van der Waals surface area (Å²) in [6.45, 7) is 6.28. The Hall–Kier alpha value is -1.97. The average molecular weight is 234 g/mol. The Morgan fingerprint density at radius 2 is 2.24 bits per heavy atom. The Bertz CT molecular complexity index is 428. The van der Waals surface area contributed by atoms with Crippen molar-refractivity contribution >= 4 is 12.0 Å². The lowest BCUT2D eigenvalue weighted by molar-refractivity contribution is 0.373. The van der Waals surface area contributed by atoms with Gasteiger partial charge in [0, 0.05) is 19.7 Å². The highest BCUT2D eigenvalue weighted by Gasteiger charge is 2.05. The van der Waals surface area contributed by atoms with E-state index in [0.29, 0.717) is 5.75 Å². The van der Waals surface area contributed by atoms with Gasteiger partial charge in [0.1, 0.15) is 0 Å². The highest BCUT2D eigenvalue weighted by Crippen LogP contribution is 2.33. The summed E-state index contributed by atoms with van der Waals surface area (Å²) in [6.07, 6.45) is 3.52. The number of benzene rings is 1. The second-order valence-electron chi connectivity index (χ2n) is 3.78. The van der Waals surface area contributed by atoms with Gasteiger partial charge in [0.2, 0.25) is 0 Å². The van der Waals surface area contributed by atoms with E-state index >= 15 is 0 Å². The molecular weight excluding hydrogens is 216 g/mol. The molecule has 0 saturated carbocycles. The highest BCUT2D eigenvalue weighted by molar-refractivity contribution is 5.65. The van der Waals surface area contributed by atoms with Crippen molar-refractivity contribution in [3.05, 3.63) is 30.4 Å². The Morgan fingerprint density at radius 1 is 1.53 bits per heavy atom. The van der Waals surface area contributed by atoms with Crippen molar-refractivity contribution in [2.45, 2.75) is 6.92 Å². The van der Waals surface area contributed by atoms with Crippen LogP contribution in [0.4, 0.5) is 5.69 Å². The lowest BCUT2D eigenvalue weighted by Crippen LogP contribution is -2.15. The van der Waals surface area contributed by atoms with E-state index in [0.717, 1.165) is 17.8 Å². The average Bonchev–Trinajstić information content (AvgIpc) is 2.28. The molecule has 0 aliphatic carbocycles. The Kier molecular flexibility index (Phi) is 4.57. The van der Waals surface area contributed by atoms with Gasteiger partial charge in [-0.1, -0.05) is 6.08 Å². The smallest absolute Gasteiger partial charge is 0.162 e. The zero-order valence-corrected chi connectivity index (χ0v) is 10.5. The molecule has 0 fully saturated rings. The van der Waals surface area contributed by atoms with E-state index in [1.165, 1.54) is 7.11 Å². The molecule has 0 aromatic heterocycles. The number of aromatic hydroxyl groups is 1. The van der Waals surface area contributed by atoms with Crippen LogP contribution in [0, 0.1) is 6.92 Å². The molecule has 0 heterocycles. The zero-order chi connectivity index (χ0) is 12.8. The number of phenols is 1. The first-order chi connectivity index (χ1) is 8.08. The fraction of sp³-hybridized carbons (Fsp3) is 0.308. The van der Waals surface area contributed by atoms with Crippen molar-refractivity contribution in [1.29, 1.82) is 0 Å². The number of hydrogen-bond donors (Lipinski definition) is 1. The summed E-state index contributed by atoms with van der Waals surface area (Å²) in [5.41, 5.74) is 1.67. The first-order valence-electron chi connectivity index (χ1n) is 5.31. The summed E-state index contributed by atoms with van der Waals surface area (Å²) >= 11 is 0. The van der Waals surface area contributed by atoms with Crippen LogP contribution in [-0.2, 0) is 0 Å². The van der Waals surface area contributed by atoms with E-state index in [1.54, 1.807) is 24.5 Å². The van der Waals surface area contributed by atoms with E-state index in [-0.39, 0.29) is 5.75 Å². The maximum atomic E-state index is 9.58. The number of nitrogens with zero attached hydrogens (tertiary/aromatic N) is 2. The third kappa shape index (κ3) is 3.52. The van der Waals surface area contributed by atoms with Gasteiger partial charge in [0.15, 0.2) is 11.5 Å². The first-order valence-corrected chi connectivity index (χ1v) is 5.31. The minimum atomic E-state index is 0.128. The van der Waals surface area contributed by atoms with Crippen LogP contribution < -0.4 is 4.74 Å². The van der Waals surface area contributed by atoms with E-state index in [1.807, 2.05) is 18.9 Å². The number of likely N-dealkylation sites (N-methyl/N-ethyl adjacent to an activating group) is 1. The van der Waals surface area contributed by atoms with Gasteiger partial charge in [-0.25, -0.2) is 4.99 Å². The summed E-state index contributed by atoms with van der Waals surface area (Å²) in [5, 5.41) is 9.58. The van der Waals surface area contributed by atoms with Gasteiger partial charge >= 0.3 is 0 Å². The molecule has 1 aromatic rings. The zero-order valence-electron chi connectivity index (χ0n) is 10.5. The van der Waals surface area contributed by atoms with Gasteiger partial charge in [-0.2, -0.15) is 0 Å². The molecule has 4 heteroatoms. The van der Waals surface area contributed by atoms with E-state index in [9.17, 15) is 5.11 Å². The molecule has 92 valence electrons. The van der Waals surface area contributed by atoms with Gasteiger partial charge < -0.3 is 14.7 Å². The maximum absolute atomic E-state index is 9.58. The molecule has 0 aliphatic rings. The van der Waals surface area contributed by atoms with Crippen molar-refractivity contribution < 1.29 is 9.84 Å². The minimum absolute atomic E-state index is 0.128. The van der Waals surface area contributed by atoms with Crippen LogP contribution in [0.2, 0.25) is 0 Å². The predicted molar refractivity (Wildman–Crippen MR) is 70.4 cm³/mol. The van der Waals surface area contributed by atoms with Crippen molar-refractivity contribution in [2.24, 2.45) is 4.99 Å². The molecule has 0 bridgehead atoms. The molecule has 1 N–H and O–H groups in total. The van der Waals surface area contributed by atoms with Crippen LogP contribution in [-0.4, -0.2) is 37.0 Å². The van der Waals surface area contributed by atoms with Crippen LogP contribution in [0.15, 0.2) is 29.8 Å². The molecule has 17 heavy (non-hydrogen) atoms. The number of aryl methyl sites for hydroxylation is 1. The van der Waals surface area contributed by atoms with Crippen molar-refractivity contribution in [2.75, 3.05) is 20.7 Å². The SMILES string of the molecule is C=CCN(C)C=Nc1cc(OC)c(O)cc1C. The van der Waals surface area contributed by atoms with E-state index in [2.05, 4.69) is 11.6 Å². The number of aliphatic imine (C=N–C) groups is 1. The number of methoxy groups -OCH3 is 1. The predicted octanol–water partition coefficient (Wildman–Crippen LogP) is 2.49. The molecule has 4 nitrogen and oxygen atoms in total. The summed E-state index contributed by atoms with van der Waals surface area (Å²) < 4.78 is 5.04. The van der Waals surface area contributed by atoms with Gasteiger partial charge in [-0.3, -0.25) is 0 Å². The molecule has 0 atom stereocenters. The van der Waals surface area contributed by atoms with Crippen LogP contribution >= 0.6 is 0 Å². The largest absolute Gasteiger partial charge is 0.504 e. The van der Waals surface area contributed by atoms with Crippen LogP contribution in [0.25, 0.3) is 0 Å². The molecule has 0 amide bonds. The van der Waals surface area contributed by atoms with Gasteiger partial charge in [-0.05, 0) is 18.6 Å². The number of hydrogen-bond acceptors (Lipinski definition) is 3. The molecule has 0 saturated heterocycles. The van der Waals surface area contributed by atoms with Crippen LogP contribution in [0.3, 0.4) is 0 Å². The van der Waals surface area contributed by atoms with Crippen molar-refractivity contribution in [1.82, 2.24) is 4.90 Å². The lowest BCUT2D eigenvalue weighted by atomic mass is 10.2. The first kappa shape index (κ1) is 13.1. The third-order valence-electron chi connectivity index (χ3n) is 2.31. The maximum Gasteiger partial charge on any atom is 0.162 e. The summed E-state index contributed by atoms with van der Waals surface area (Å²) in [4.78, 5) is 6.24. The fourth-order valence-electron chi connectivity index (χ4n) is 1.38. The Labute approximate surface area is 102 Å². The quantitative estimate of drug-likeness (QED) is 0.483. The normalized spacial score (nSPS) is 10.5. The molecule has 0 radical (unpaired) electrons. The van der Waals surface area contributed by atoms with E-state index < -0.39 is 0 Å². The molecule has 1 aromatic carbocycles. The molecule has 0 unspecified atom stereocenters. The fourth-order valence-corrected chi connectivity index (χ4v) is 1.38. The summed E-state index contributed by atoms with van der Waals surface area (Å²) in [6, 6.07) is 3.35. The number of phenolic OH excluding ortho intramolecular Hbond substituents is 1. The van der Waals surface area contributed by atoms with Crippen molar-refractivity contribution in [3.8, 4) is 11.5 Å². The highest BCUT2D eigenvalue weighted by atomic mass is 16.5. The Morgan fingerprint density at radius 3 is 2.82 bits per heavy atom. The molecule has 1 rings (SSSR count). The topological polar surface area (TPSA) is 45.1 Å². The lowest BCUT2D eigenvalue weighted by Gasteiger charge is -2.10. The Balaban J connectivity index is 2.94. The molecular formula is C13H18N2O2. The van der Waals surface area contributed by atoms with Crippen LogP contribution in [0.5, 0.6) is 11.5 Å². The third-order valence-corrected chi connectivity index (χ3v) is 2.31. The standard InChI is InChI=1S/C13H18N2O2/c1-5-6-15(3)9-14-11-8-13(17-4)12(16)7-10(11)2/h5,7-9,16H,1,6H2,2-4H3. The van der Waals surface area contributed by atoms with Gasteiger partial charge in [0.25, 0.3) is 0 Å². The second-order valence-corrected chi connectivity index (χ2v) is 3.78. The van der Waals surface area contributed by atoms with Crippen molar-refractivity contribution in [3.63, 3.8) is 0 Å². The van der Waals surface area contributed by atoms with Gasteiger partial charge in [-0.15, -0.1) is 6.58 Å². The molecule has 0 aliphatic heterocycles. The number of rotatable bonds is 5. The van der Waals surface area contributed by atoms with E-state index in [4.69, 9.17) is 4.74 Å². The van der Waals surface area contributed by atoms with Gasteiger partial charge in [0.05, 0.1) is 19.1 Å². The second kappa shape index (κ2) is 5.94. The summed E-state index contributed by atoms with van der Waals surface area (Å²) in [5.74, 6) is 0.553. The molecule has 0 spiro atoms. The summed E-state index contributed by atoms with van der Waals surface area (Å²) in [7, 11) is 3.43. The number of ether oxygens (including phenoxy) is 1.